The minimum absolute atomic E-state index is 0.906. The van der Waals surface area contributed by atoms with Crippen molar-refractivity contribution in [2.45, 2.75) is 39.0 Å². The van der Waals surface area contributed by atoms with Crippen molar-refractivity contribution in [2.24, 2.45) is 0 Å². The van der Waals surface area contributed by atoms with Crippen LogP contribution in [0, 0.1) is 6.92 Å². The van der Waals surface area contributed by atoms with Crippen molar-refractivity contribution in [1.29, 1.82) is 0 Å². The average molecular weight is 151 g/mol. The Hall–Kier alpha value is -0.520. The van der Waals surface area contributed by atoms with Gasteiger partial charge in [-0.1, -0.05) is 44.1 Å². The van der Waals surface area contributed by atoms with Gasteiger partial charge in [-0.2, -0.15) is 0 Å². The molecule has 0 bridgehead atoms. The van der Waals surface area contributed by atoms with Gasteiger partial charge in [0, 0.05) is 0 Å². The minimum Gasteiger partial charge on any atom is -0.0882 e. The van der Waals surface area contributed by atoms with Crippen LogP contribution in [0.25, 0.3) is 0 Å². The van der Waals surface area contributed by atoms with Crippen molar-refractivity contribution in [2.75, 3.05) is 0 Å². The second kappa shape index (κ2) is 9.48. The summed E-state index contributed by atoms with van der Waals surface area (Å²) in [4.78, 5) is 0. The summed E-state index contributed by atoms with van der Waals surface area (Å²) in [6.45, 7) is 5.94. The molecule has 0 saturated carbocycles. The van der Waals surface area contributed by atoms with E-state index in [1.165, 1.54) is 19.3 Å². The summed E-state index contributed by atoms with van der Waals surface area (Å²) in [7, 11) is 0. The van der Waals surface area contributed by atoms with E-state index in [4.69, 9.17) is 0 Å². The van der Waals surface area contributed by atoms with Crippen molar-refractivity contribution in [3.8, 4) is 0 Å². The molecular weight excluding hydrogens is 132 g/mol. The third-order valence-corrected chi connectivity index (χ3v) is 1.50. The second-order valence-corrected chi connectivity index (χ2v) is 2.61. The van der Waals surface area contributed by atoms with Crippen LogP contribution in [0.2, 0.25) is 0 Å². The molecule has 0 fully saturated rings. The van der Waals surface area contributed by atoms with Gasteiger partial charge in [0.15, 0.2) is 0 Å². The van der Waals surface area contributed by atoms with Crippen molar-refractivity contribution < 1.29 is 0 Å². The highest BCUT2D eigenvalue weighted by Gasteiger charge is 1.76. The van der Waals surface area contributed by atoms with Gasteiger partial charge < -0.3 is 0 Å². The highest BCUT2D eigenvalue weighted by atomic mass is 13.8. The third kappa shape index (κ3) is 9.48. The molecule has 1 radical (unpaired) electrons. The van der Waals surface area contributed by atoms with Gasteiger partial charge in [-0.25, -0.2) is 0 Å². The van der Waals surface area contributed by atoms with Crippen LogP contribution < -0.4 is 0 Å². The maximum absolute atomic E-state index is 3.72. The summed E-state index contributed by atoms with van der Waals surface area (Å²) in [5.41, 5.74) is 0. The lowest BCUT2D eigenvalue weighted by Crippen LogP contribution is -1.66. The SMILES string of the molecule is [CH2]C/C=C/C/C=C/CCCC. The molecule has 0 atom stereocenters. The van der Waals surface area contributed by atoms with Crippen molar-refractivity contribution in [3.63, 3.8) is 0 Å². The van der Waals surface area contributed by atoms with Gasteiger partial charge in [0.25, 0.3) is 0 Å². The predicted octanol–water partition coefficient (Wildman–Crippen LogP) is 3.90. The van der Waals surface area contributed by atoms with E-state index in [1.54, 1.807) is 0 Å². The van der Waals surface area contributed by atoms with Crippen molar-refractivity contribution in [3.05, 3.63) is 31.2 Å². The van der Waals surface area contributed by atoms with E-state index in [0.29, 0.717) is 0 Å². The van der Waals surface area contributed by atoms with Gasteiger partial charge >= 0.3 is 0 Å². The molecular formula is C11H19. The molecule has 0 unspecified atom stereocenters. The predicted molar refractivity (Wildman–Crippen MR) is 52.4 cm³/mol. The van der Waals surface area contributed by atoms with Crippen LogP contribution in [-0.2, 0) is 0 Å². The molecule has 11 heavy (non-hydrogen) atoms. The molecule has 0 spiro atoms. The molecule has 0 aliphatic rings. The van der Waals surface area contributed by atoms with E-state index < -0.39 is 0 Å². The summed E-state index contributed by atoms with van der Waals surface area (Å²) in [5.74, 6) is 0. The lowest BCUT2D eigenvalue weighted by atomic mass is 10.2. The normalized spacial score (nSPS) is 11.8. The van der Waals surface area contributed by atoms with Gasteiger partial charge in [-0.05, 0) is 26.2 Å². The maximum atomic E-state index is 3.72. The van der Waals surface area contributed by atoms with Gasteiger partial charge in [0.2, 0.25) is 0 Å². The summed E-state index contributed by atoms with van der Waals surface area (Å²) >= 11 is 0. The number of unbranched alkanes of at least 4 members (excludes halogenated alkanes) is 2. The van der Waals surface area contributed by atoms with Gasteiger partial charge in [0.05, 0.1) is 0 Å². The fourth-order valence-corrected chi connectivity index (χ4v) is 0.829. The van der Waals surface area contributed by atoms with E-state index in [2.05, 4.69) is 38.2 Å². The first-order valence-corrected chi connectivity index (χ1v) is 4.51. The fourth-order valence-electron chi connectivity index (χ4n) is 0.829. The lowest BCUT2D eigenvalue weighted by Gasteiger charge is -1.86. The van der Waals surface area contributed by atoms with Crippen LogP contribution >= 0.6 is 0 Å². The molecule has 0 heterocycles. The van der Waals surface area contributed by atoms with E-state index in [9.17, 15) is 0 Å². The first-order valence-electron chi connectivity index (χ1n) is 4.51. The minimum atomic E-state index is 0.906. The molecule has 0 nitrogen and oxygen atoms in total. The van der Waals surface area contributed by atoms with Crippen molar-refractivity contribution in [1.82, 2.24) is 0 Å². The maximum Gasteiger partial charge on any atom is -0.0169 e. The molecule has 0 aliphatic carbocycles. The lowest BCUT2D eigenvalue weighted by molar-refractivity contribution is 0.813. The monoisotopic (exact) mass is 151 g/mol. The Labute approximate surface area is 71.0 Å². The van der Waals surface area contributed by atoms with Crippen LogP contribution in [-0.4, -0.2) is 0 Å². The summed E-state index contributed by atoms with van der Waals surface area (Å²) in [5, 5.41) is 0. The largest absolute Gasteiger partial charge is 0.0882 e. The fraction of sp³-hybridized carbons (Fsp3) is 0.545. The van der Waals surface area contributed by atoms with Crippen LogP contribution in [0.3, 0.4) is 0 Å². The Kier molecular flexibility index (Phi) is 9.03. The molecule has 0 aliphatic heterocycles. The highest BCUT2D eigenvalue weighted by molar-refractivity contribution is 4.92. The Morgan fingerprint density at radius 3 is 2.45 bits per heavy atom. The molecule has 0 heteroatoms. The Morgan fingerprint density at radius 2 is 1.82 bits per heavy atom. The summed E-state index contributed by atoms with van der Waals surface area (Å²) < 4.78 is 0. The first-order chi connectivity index (χ1) is 5.41. The number of allylic oxidation sites excluding steroid dienone is 4. The molecule has 0 rings (SSSR count). The van der Waals surface area contributed by atoms with Crippen LogP contribution in [0.15, 0.2) is 24.3 Å². The van der Waals surface area contributed by atoms with E-state index in [0.717, 1.165) is 12.8 Å². The summed E-state index contributed by atoms with van der Waals surface area (Å²) in [6, 6.07) is 0. The highest BCUT2D eigenvalue weighted by Crippen LogP contribution is 1.96. The standard InChI is InChI=1S/C11H19/c1-3-5-7-9-11-10-8-6-4-2/h5,7,10-11H,1,3-4,6,8-9H2,2H3/b7-5+,11-10+. The molecule has 0 aromatic rings. The van der Waals surface area contributed by atoms with Gasteiger partial charge in [-0.3, -0.25) is 0 Å². The molecule has 0 aromatic carbocycles. The van der Waals surface area contributed by atoms with Crippen molar-refractivity contribution >= 4 is 0 Å². The van der Waals surface area contributed by atoms with E-state index in [-0.39, 0.29) is 0 Å². The molecule has 0 saturated heterocycles. The molecule has 0 amide bonds. The van der Waals surface area contributed by atoms with Gasteiger partial charge in [0.1, 0.15) is 0 Å². The summed E-state index contributed by atoms with van der Waals surface area (Å²) in [6.07, 6.45) is 14.6. The van der Waals surface area contributed by atoms with Crippen LogP contribution in [0.4, 0.5) is 0 Å². The molecule has 0 N–H and O–H groups in total. The zero-order valence-electron chi connectivity index (χ0n) is 7.55. The topological polar surface area (TPSA) is 0 Å². The van der Waals surface area contributed by atoms with Gasteiger partial charge in [-0.15, -0.1) is 0 Å². The number of hydrogen-bond donors (Lipinski definition) is 0. The van der Waals surface area contributed by atoms with Crippen LogP contribution in [0.5, 0.6) is 0 Å². The van der Waals surface area contributed by atoms with E-state index in [1.807, 2.05) is 0 Å². The first kappa shape index (κ1) is 10.5. The Morgan fingerprint density at radius 1 is 1.09 bits per heavy atom. The quantitative estimate of drug-likeness (QED) is 0.399. The smallest absolute Gasteiger partial charge is 0.0169 e. The van der Waals surface area contributed by atoms with E-state index >= 15 is 0 Å². The molecule has 0 aromatic heterocycles. The zero-order chi connectivity index (χ0) is 8.36. The second-order valence-electron chi connectivity index (χ2n) is 2.61. The zero-order valence-corrected chi connectivity index (χ0v) is 7.55. The Balaban J connectivity index is 3.09. The Bertz CT molecular complexity index is 109. The molecule has 63 valence electrons. The third-order valence-electron chi connectivity index (χ3n) is 1.50. The number of hydrogen-bond acceptors (Lipinski definition) is 0. The van der Waals surface area contributed by atoms with Crippen LogP contribution in [0.1, 0.15) is 39.0 Å². The number of rotatable bonds is 6. The average Bonchev–Trinajstić information content (AvgIpc) is 2.03.